The van der Waals surface area contributed by atoms with Crippen LogP contribution in [0.3, 0.4) is 0 Å². The van der Waals surface area contributed by atoms with Gasteiger partial charge in [-0.15, -0.1) is 0 Å². The van der Waals surface area contributed by atoms with E-state index >= 15 is 0 Å². The fourth-order valence-corrected chi connectivity index (χ4v) is 2.67. The molecule has 0 aromatic carbocycles. The third-order valence-electron chi connectivity index (χ3n) is 2.23. The maximum Gasteiger partial charge on any atom is 0.0558 e. The molecule has 0 saturated carbocycles. The lowest BCUT2D eigenvalue weighted by atomic mass is 10.4. The van der Waals surface area contributed by atoms with Gasteiger partial charge in [0.05, 0.1) is 13.2 Å². The summed E-state index contributed by atoms with van der Waals surface area (Å²) >= 11 is 0. The van der Waals surface area contributed by atoms with Crippen LogP contribution in [0.2, 0.25) is 25.7 Å². The highest BCUT2D eigenvalue weighted by molar-refractivity contribution is 6.76. The van der Waals surface area contributed by atoms with Gasteiger partial charge in [0.2, 0.25) is 0 Å². The standard InChI is InChI=1S/C10H25NO2Si/c1-14(2,3)10-4-5-11(6-8-12)7-9-13/h12-13H,4-10H2,1-3H3. The van der Waals surface area contributed by atoms with E-state index < -0.39 is 8.07 Å². The van der Waals surface area contributed by atoms with Crippen molar-refractivity contribution in [3.8, 4) is 0 Å². The minimum atomic E-state index is -0.922. The summed E-state index contributed by atoms with van der Waals surface area (Å²) in [4.78, 5) is 2.13. The molecule has 0 aromatic heterocycles. The van der Waals surface area contributed by atoms with E-state index in [-0.39, 0.29) is 13.2 Å². The van der Waals surface area contributed by atoms with Gasteiger partial charge in [0.25, 0.3) is 0 Å². The molecule has 0 bridgehead atoms. The third-order valence-corrected chi connectivity index (χ3v) is 4.09. The van der Waals surface area contributed by atoms with E-state index in [4.69, 9.17) is 10.2 Å². The minimum absolute atomic E-state index is 0.187. The average molecular weight is 219 g/mol. The van der Waals surface area contributed by atoms with E-state index in [1.807, 2.05) is 0 Å². The van der Waals surface area contributed by atoms with E-state index in [2.05, 4.69) is 24.5 Å². The van der Waals surface area contributed by atoms with Crippen molar-refractivity contribution in [3.63, 3.8) is 0 Å². The largest absolute Gasteiger partial charge is 0.395 e. The van der Waals surface area contributed by atoms with Crippen molar-refractivity contribution < 1.29 is 10.2 Å². The summed E-state index contributed by atoms with van der Waals surface area (Å²) in [5.41, 5.74) is 0. The number of nitrogens with zero attached hydrogens (tertiary/aromatic N) is 1. The van der Waals surface area contributed by atoms with Gasteiger partial charge in [-0.2, -0.15) is 0 Å². The highest BCUT2D eigenvalue weighted by atomic mass is 28.3. The molecule has 86 valence electrons. The van der Waals surface area contributed by atoms with Crippen LogP contribution in [0.15, 0.2) is 0 Å². The fraction of sp³-hybridized carbons (Fsp3) is 1.00. The van der Waals surface area contributed by atoms with Crippen molar-refractivity contribution in [2.45, 2.75) is 32.1 Å². The van der Waals surface area contributed by atoms with Crippen LogP contribution < -0.4 is 0 Å². The topological polar surface area (TPSA) is 43.7 Å². The van der Waals surface area contributed by atoms with E-state index in [9.17, 15) is 0 Å². The van der Waals surface area contributed by atoms with E-state index in [0.29, 0.717) is 13.1 Å². The quantitative estimate of drug-likeness (QED) is 0.599. The highest BCUT2D eigenvalue weighted by Crippen LogP contribution is 2.11. The molecule has 4 heteroatoms. The molecule has 0 saturated heterocycles. The van der Waals surface area contributed by atoms with Gasteiger partial charge in [-0.1, -0.05) is 25.7 Å². The minimum Gasteiger partial charge on any atom is -0.395 e. The first-order valence-corrected chi connectivity index (χ1v) is 9.14. The van der Waals surface area contributed by atoms with Crippen molar-refractivity contribution in [1.29, 1.82) is 0 Å². The fourth-order valence-electron chi connectivity index (χ4n) is 1.45. The number of hydrogen-bond donors (Lipinski definition) is 2. The second-order valence-electron chi connectivity index (χ2n) is 4.95. The molecule has 3 nitrogen and oxygen atoms in total. The Labute approximate surface area is 88.8 Å². The molecule has 0 fully saturated rings. The molecule has 0 aromatic rings. The summed E-state index contributed by atoms with van der Waals surface area (Å²) in [6.07, 6.45) is 1.19. The second kappa shape index (κ2) is 7.40. The average Bonchev–Trinajstić information content (AvgIpc) is 2.02. The number of aliphatic hydroxyl groups excluding tert-OH is 2. The lowest BCUT2D eigenvalue weighted by Crippen LogP contribution is -2.32. The molecule has 0 heterocycles. The van der Waals surface area contributed by atoms with Gasteiger partial charge < -0.3 is 10.2 Å². The van der Waals surface area contributed by atoms with Crippen LogP contribution in [0.5, 0.6) is 0 Å². The molecular formula is C10H25NO2Si. The molecule has 14 heavy (non-hydrogen) atoms. The molecule has 0 aliphatic heterocycles. The van der Waals surface area contributed by atoms with Gasteiger partial charge in [0, 0.05) is 21.2 Å². The van der Waals surface area contributed by atoms with Gasteiger partial charge in [-0.25, -0.2) is 0 Å². The van der Waals surface area contributed by atoms with Crippen LogP contribution in [0.1, 0.15) is 6.42 Å². The van der Waals surface area contributed by atoms with Gasteiger partial charge in [-0.05, 0) is 13.0 Å². The second-order valence-corrected chi connectivity index (χ2v) is 10.6. The van der Waals surface area contributed by atoms with Crippen molar-refractivity contribution in [2.24, 2.45) is 0 Å². The zero-order valence-corrected chi connectivity index (χ0v) is 10.8. The van der Waals surface area contributed by atoms with Crippen LogP contribution in [0.25, 0.3) is 0 Å². The maximum atomic E-state index is 8.81. The zero-order valence-electron chi connectivity index (χ0n) is 9.79. The molecule has 0 atom stereocenters. The molecule has 0 spiro atoms. The molecule has 0 amide bonds. The predicted molar refractivity (Wildman–Crippen MR) is 63.4 cm³/mol. The summed E-state index contributed by atoms with van der Waals surface area (Å²) in [6.45, 7) is 9.87. The van der Waals surface area contributed by atoms with E-state index in [0.717, 1.165) is 6.54 Å². The van der Waals surface area contributed by atoms with E-state index in [1.54, 1.807) is 0 Å². The molecule has 0 rings (SSSR count). The Balaban J connectivity index is 3.60. The Bertz CT molecular complexity index is 131. The lowest BCUT2D eigenvalue weighted by molar-refractivity contribution is 0.161. The van der Waals surface area contributed by atoms with Crippen LogP contribution in [0, 0.1) is 0 Å². The van der Waals surface area contributed by atoms with E-state index in [1.165, 1.54) is 12.5 Å². The van der Waals surface area contributed by atoms with Crippen LogP contribution in [-0.2, 0) is 0 Å². The Kier molecular flexibility index (Phi) is 7.45. The first-order chi connectivity index (χ1) is 6.49. The summed E-state index contributed by atoms with van der Waals surface area (Å²) < 4.78 is 0. The molecular weight excluding hydrogens is 194 g/mol. The van der Waals surface area contributed by atoms with Gasteiger partial charge >= 0.3 is 0 Å². The van der Waals surface area contributed by atoms with Gasteiger partial charge in [0.15, 0.2) is 0 Å². The maximum absolute atomic E-state index is 8.81. The normalized spacial score (nSPS) is 12.4. The number of aliphatic hydroxyl groups is 2. The summed E-state index contributed by atoms with van der Waals surface area (Å²) in [7, 11) is -0.922. The Hall–Kier alpha value is 0.0969. The molecule has 2 N–H and O–H groups in total. The van der Waals surface area contributed by atoms with Crippen molar-refractivity contribution in [1.82, 2.24) is 4.90 Å². The van der Waals surface area contributed by atoms with Crippen LogP contribution >= 0.6 is 0 Å². The SMILES string of the molecule is C[Si](C)(C)CCCN(CCO)CCO. The molecule has 0 radical (unpaired) electrons. The molecule has 0 unspecified atom stereocenters. The predicted octanol–water partition coefficient (Wildman–Crippen LogP) is 1.00. The van der Waals surface area contributed by atoms with Gasteiger partial charge in [-0.3, -0.25) is 4.90 Å². The lowest BCUT2D eigenvalue weighted by Gasteiger charge is -2.22. The summed E-state index contributed by atoms with van der Waals surface area (Å²) in [6, 6.07) is 1.32. The van der Waals surface area contributed by atoms with Gasteiger partial charge in [0.1, 0.15) is 0 Å². The van der Waals surface area contributed by atoms with Crippen molar-refractivity contribution >= 4 is 8.07 Å². The monoisotopic (exact) mass is 219 g/mol. The Morgan fingerprint density at radius 3 is 1.79 bits per heavy atom. The molecule has 0 aliphatic rings. The summed E-state index contributed by atoms with van der Waals surface area (Å²) in [5, 5.41) is 17.6. The van der Waals surface area contributed by atoms with Crippen LogP contribution in [-0.4, -0.2) is 56.0 Å². The highest BCUT2D eigenvalue weighted by Gasteiger charge is 2.13. The number of rotatable bonds is 8. The van der Waals surface area contributed by atoms with Crippen LogP contribution in [0.4, 0.5) is 0 Å². The smallest absolute Gasteiger partial charge is 0.0558 e. The zero-order chi connectivity index (χ0) is 11.0. The summed E-state index contributed by atoms with van der Waals surface area (Å²) in [5.74, 6) is 0. The third kappa shape index (κ3) is 8.68. The first kappa shape index (κ1) is 14.1. The Morgan fingerprint density at radius 1 is 0.929 bits per heavy atom. The molecule has 0 aliphatic carbocycles. The van der Waals surface area contributed by atoms with Crippen molar-refractivity contribution in [2.75, 3.05) is 32.8 Å². The first-order valence-electron chi connectivity index (χ1n) is 5.43. The van der Waals surface area contributed by atoms with Crippen molar-refractivity contribution in [3.05, 3.63) is 0 Å². The number of hydrogen-bond acceptors (Lipinski definition) is 3. The Morgan fingerprint density at radius 2 is 1.43 bits per heavy atom.